The molecule has 1 aromatic carbocycles. The first-order chi connectivity index (χ1) is 9.22. The smallest absolute Gasteiger partial charge is 0.161 e. The number of thioether (sulfide) groups is 1. The van der Waals surface area contributed by atoms with Crippen LogP contribution >= 0.6 is 11.8 Å². The second-order valence-corrected chi connectivity index (χ2v) is 5.76. The zero-order chi connectivity index (χ0) is 13.4. The van der Waals surface area contributed by atoms with Crippen molar-refractivity contribution in [2.45, 2.75) is 16.9 Å². The van der Waals surface area contributed by atoms with E-state index in [0.29, 0.717) is 5.92 Å². The molecule has 2 aromatic rings. The van der Waals surface area contributed by atoms with E-state index in [0.717, 1.165) is 17.2 Å². The number of nitrogens with two attached hydrogens (primary N) is 1. The Balaban J connectivity index is 1.97. The molecule has 0 bridgehead atoms. The maximum absolute atomic E-state index is 6.48. The molecule has 0 saturated heterocycles. The first-order valence-electron chi connectivity index (χ1n) is 6.25. The molecule has 0 saturated carbocycles. The fraction of sp³-hybridized carbons (Fsp3) is 0.357. The van der Waals surface area contributed by atoms with E-state index in [1.54, 1.807) is 13.3 Å². The number of methoxy groups -OCH3 is 1. The van der Waals surface area contributed by atoms with Crippen LogP contribution in [0.1, 0.15) is 23.2 Å². The highest BCUT2D eigenvalue weighted by atomic mass is 32.2. The third-order valence-corrected chi connectivity index (χ3v) is 4.86. The number of nitrogens with zero attached hydrogens (tertiary/aromatic N) is 2. The predicted molar refractivity (Wildman–Crippen MR) is 76.6 cm³/mol. The van der Waals surface area contributed by atoms with E-state index in [-0.39, 0.29) is 6.04 Å². The lowest BCUT2D eigenvalue weighted by atomic mass is 9.91. The zero-order valence-corrected chi connectivity index (χ0v) is 11.9. The minimum absolute atomic E-state index is 0.0985. The molecule has 100 valence electrons. The van der Waals surface area contributed by atoms with Crippen molar-refractivity contribution in [2.24, 2.45) is 12.8 Å². The molecule has 4 nitrogen and oxygen atoms in total. The predicted octanol–water partition coefficient (Wildman–Crippen LogP) is 2.32. The van der Waals surface area contributed by atoms with Crippen molar-refractivity contribution in [1.29, 1.82) is 0 Å². The Morgan fingerprint density at radius 1 is 1.47 bits per heavy atom. The molecule has 0 fully saturated rings. The molecule has 0 amide bonds. The van der Waals surface area contributed by atoms with Crippen LogP contribution in [0, 0.1) is 0 Å². The molecule has 19 heavy (non-hydrogen) atoms. The molecular weight excluding hydrogens is 258 g/mol. The molecular formula is C14H17N3OS. The molecule has 1 aliphatic rings. The average molecular weight is 275 g/mol. The van der Waals surface area contributed by atoms with Crippen LogP contribution in [0.5, 0.6) is 5.75 Å². The maximum atomic E-state index is 6.48. The van der Waals surface area contributed by atoms with Gasteiger partial charge in [-0.1, -0.05) is 18.2 Å². The summed E-state index contributed by atoms with van der Waals surface area (Å²) in [6, 6.07) is 8.38. The first-order valence-corrected chi connectivity index (χ1v) is 7.24. The second kappa shape index (κ2) is 4.90. The number of fused-ring (bicyclic) bond motifs is 1. The number of hydrogen-bond donors (Lipinski definition) is 1. The van der Waals surface area contributed by atoms with Crippen molar-refractivity contribution in [2.75, 3.05) is 12.9 Å². The maximum Gasteiger partial charge on any atom is 0.161 e. The fourth-order valence-corrected chi connectivity index (χ4v) is 3.95. The van der Waals surface area contributed by atoms with Gasteiger partial charge in [-0.3, -0.25) is 4.68 Å². The Hall–Kier alpha value is -1.46. The molecule has 2 unspecified atom stereocenters. The highest BCUT2D eigenvalue weighted by Gasteiger charge is 2.32. The number of benzene rings is 1. The number of aryl methyl sites for hydroxylation is 1. The molecule has 0 spiro atoms. The van der Waals surface area contributed by atoms with E-state index in [1.165, 1.54) is 10.5 Å². The van der Waals surface area contributed by atoms with Crippen molar-refractivity contribution in [3.63, 3.8) is 0 Å². The molecule has 2 N–H and O–H groups in total. The van der Waals surface area contributed by atoms with E-state index in [2.05, 4.69) is 29.4 Å². The van der Waals surface area contributed by atoms with Crippen molar-refractivity contribution in [3.05, 3.63) is 41.7 Å². The van der Waals surface area contributed by atoms with Gasteiger partial charge in [0.25, 0.3) is 0 Å². The number of rotatable bonds is 3. The van der Waals surface area contributed by atoms with Crippen LogP contribution in [0.15, 0.2) is 35.4 Å². The molecule has 1 aromatic heterocycles. The van der Waals surface area contributed by atoms with Gasteiger partial charge in [0.2, 0.25) is 0 Å². The number of aromatic nitrogens is 2. The average Bonchev–Trinajstić information content (AvgIpc) is 3.01. The molecule has 2 atom stereocenters. The Kier molecular flexibility index (Phi) is 3.24. The van der Waals surface area contributed by atoms with E-state index >= 15 is 0 Å². The highest BCUT2D eigenvalue weighted by molar-refractivity contribution is 7.99. The molecule has 0 radical (unpaired) electrons. The summed E-state index contributed by atoms with van der Waals surface area (Å²) >= 11 is 1.87. The SMILES string of the molecule is COc1cnn(C)c1C(N)C1CSc2ccccc21. The van der Waals surface area contributed by atoms with Crippen LogP contribution in [0.2, 0.25) is 0 Å². The fourth-order valence-electron chi connectivity index (χ4n) is 2.64. The summed E-state index contributed by atoms with van der Waals surface area (Å²) in [5.74, 6) is 2.09. The quantitative estimate of drug-likeness (QED) is 0.934. The van der Waals surface area contributed by atoms with Crippen LogP contribution in [0.4, 0.5) is 0 Å². The first kappa shape index (κ1) is 12.6. The second-order valence-electron chi connectivity index (χ2n) is 4.70. The van der Waals surface area contributed by atoms with Crippen LogP contribution < -0.4 is 10.5 Å². The van der Waals surface area contributed by atoms with Crippen molar-refractivity contribution in [3.8, 4) is 5.75 Å². The van der Waals surface area contributed by atoms with E-state index in [1.807, 2.05) is 23.5 Å². The summed E-state index contributed by atoms with van der Waals surface area (Å²) in [7, 11) is 3.57. The van der Waals surface area contributed by atoms with Gasteiger partial charge in [0, 0.05) is 23.6 Å². The van der Waals surface area contributed by atoms with E-state index in [4.69, 9.17) is 10.5 Å². The topological polar surface area (TPSA) is 53.1 Å². The summed E-state index contributed by atoms with van der Waals surface area (Å²) < 4.78 is 7.18. The summed E-state index contributed by atoms with van der Waals surface area (Å²) in [6.07, 6.45) is 1.73. The van der Waals surface area contributed by atoms with Gasteiger partial charge < -0.3 is 10.5 Å². The standard InChI is InChI=1S/C14H17N3OS/c1-17-14(11(18-2)7-16-17)13(15)10-8-19-12-6-4-3-5-9(10)12/h3-7,10,13H,8,15H2,1-2H3. The lowest BCUT2D eigenvalue weighted by Gasteiger charge is -2.21. The Labute approximate surface area is 116 Å². The van der Waals surface area contributed by atoms with Gasteiger partial charge in [-0.25, -0.2) is 0 Å². The highest BCUT2D eigenvalue weighted by Crippen LogP contribution is 2.45. The Morgan fingerprint density at radius 2 is 2.26 bits per heavy atom. The van der Waals surface area contributed by atoms with Gasteiger partial charge in [0.15, 0.2) is 5.75 Å². The molecule has 5 heteroatoms. The van der Waals surface area contributed by atoms with Gasteiger partial charge in [0.1, 0.15) is 0 Å². The summed E-state index contributed by atoms with van der Waals surface area (Å²) in [4.78, 5) is 1.34. The normalized spacial score (nSPS) is 19.2. The van der Waals surface area contributed by atoms with Gasteiger partial charge in [-0.05, 0) is 11.6 Å². The van der Waals surface area contributed by atoms with Crippen LogP contribution in [-0.4, -0.2) is 22.6 Å². The van der Waals surface area contributed by atoms with Crippen molar-refractivity contribution < 1.29 is 4.74 Å². The minimum Gasteiger partial charge on any atom is -0.493 e. The lowest BCUT2D eigenvalue weighted by molar-refractivity contribution is 0.398. The molecule has 2 heterocycles. The molecule has 0 aliphatic carbocycles. The van der Waals surface area contributed by atoms with Gasteiger partial charge in [-0.2, -0.15) is 5.10 Å². The molecule has 1 aliphatic heterocycles. The zero-order valence-electron chi connectivity index (χ0n) is 11.0. The lowest BCUT2D eigenvalue weighted by Crippen LogP contribution is -2.23. The summed E-state index contributed by atoms with van der Waals surface area (Å²) in [5.41, 5.74) is 8.78. The Bertz CT molecular complexity index is 596. The van der Waals surface area contributed by atoms with Gasteiger partial charge >= 0.3 is 0 Å². The van der Waals surface area contributed by atoms with Crippen LogP contribution in [0.25, 0.3) is 0 Å². The number of ether oxygens (including phenoxy) is 1. The summed E-state index contributed by atoms with van der Waals surface area (Å²) in [5, 5.41) is 4.24. The largest absolute Gasteiger partial charge is 0.493 e. The Morgan fingerprint density at radius 3 is 3.05 bits per heavy atom. The van der Waals surface area contributed by atoms with Crippen LogP contribution in [-0.2, 0) is 7.05 Å². The summed E-state index contributed by atoms with van der Waals surface area (Å²) in [6.45, 7) is 0. The van der Waals surface area contributed by atoms with Crippen molar-refractivity contribution >= 4 is 11.8 Å². The molecule has 3 rings (SSSR count). The van der Waals surface area contributed by atoms with E-state index < -0.39 is 0 Å². The third kappa shape index (κ3) is 2.03. The van der Waals surface area contributed by atoms with Crippen molar-refractivity contribution in [1.82, 2.24) is 9.78 Å². The van der Waals surface area contributed by atoms with Gasteiger partial charge in [0.05, 0.1) is 25.0 Å². The minimum atomic E-state index is -0.0985. The monoisotopic (exact) mass is 275 g/mol. The van der Waals surface area contributed by atoms with E-state index in [9.17, 15) is 0 Å². The van der Waals surface area contributed by atoms with Gasteiger partial charge in [-0.15, -0.1) is 11.8 Å². The number of hydrogen-bond acceptors (Lipinski definition) is 4. The van der Waals surface area contributed by atoms with Crippen LogP contribution in [0.3, 0.4) is 0 Å². The third-order valence-electron chi connectivity index (χ3n) is 3.66.